The predicted molar refractivity (Wildman–Crippen MR) is 81.4 cm³/mol. The van der Waals surface area contributed by atoms with E-state index in [-0.39, 0.29) is 5.91 Å². The number of benzene rings is 1. The van der Waals surface area contributed by atoms with Gasteiger partial charge in [-0.05, 0) is 24.7 Å². The van der Waals surface area contributed by atoms with Crippen LogP contribution < -0.4 is 0 Å². The number of nitriles is 1. The first kappa shape index (κ1) is 14.9. The number of carbonyl (C=O) groups is 1. The third-order valence-corrected chi connectivity index (χ3v) is 4.42. The summed E-state index contributed by atoms with van der Waals surface area (Å²) in [4.78, 5) is 16.2. The van der Waals surface area contributed by atoms with Gasteiger partial charge in [0.05, 0.1) is 17.4 Å². The van der Waals surface area contributed by atoms with Crippen molar-refractivity contribution < 1.29 is 4.79 Å². The number of amides is 1. The van der Waals surface area contributed by atoms with Gasteiger partial charge in [-0.15, -0.1) is 11.8 Å². The van der Waals surface area contributed by atoms with Crippen molar-refractivity contribution in [3.63, 3.8) is 0 Å². The van der Waals surface area contributed by atoms with Gasteiger partial charge in [-0.2, -0.15) is 5.26 Å². The predicted octanol–water partition coefficient (Wildman–Crippen LogP) is 1.57. The second-order valence-corrected chi connectivity index (χ2v) is 5.97. The molecular weight excluding hydrogens is 270 g/mol. The fraction of sp³-hybridized carbons (Fsp3) is 0.467. The van der Waals surface area contributed by atoms with Crippen LogP contribution in [0.15, 0.2) is 24.3 Å². The lowest BCUT2D eigenvalue weighted by molar-refractivity contribution is -0.129. The van der Waals surface area contributed by atoms with Crippen LogP contribution in [0.3, 0.4) is 0 Å². The molecule has 2 rings (SSSR count). The van der Waals surface area contributed by atoms with Crippen molar-refractivity contribution in [2.75, 3.05) is 39.0 Å². The summed E-state index contributed by atoms with van der Waals surface area (Å²) >= 11 is 1.63. The second kappa shape index (κ2) is 7.32. The Kier molecular flexibility index (Phi) is 5.45. The maximum Gasteiger partial charge on any atom is 0.232 e. The third-order valence-electron chi connectivity index (χ3n) is 3.43. The lowest BCUT2D eigenvalue weighted by Gasteiger charge is -2.32. The second-order valence-electron chi connectivity index (χ2n) is 4.99. The highest BCUT2D eigenvalue weighted by Crippen LogP contribution is 2.14. The van der Waals surface area contributed by atoms with E-state index in [9.17, 15) is 4.79 Å². The lowest BCUT2D eigenvalue weighted by Crippen LogP contribution is -2.47. The molecule has 1 aliphatic rings. The zero-order valence-electron chi connectivity index (χ0n) is 11.7. The molecule has 0 spiro atoms. The van der Waals surface area contributed by atoms with Crippen LogP contribution in [0.1, 0.15) is 11.1 Å². The number of hydrogen-bond donors (Lipinski definition) is 0. The van der Waals surface area contributed by atoms with Crippen LogP contribution >= 0.6 is 11.8 Å². The molecule has 0 unspecified atom stereocenters. The number of carbonyl (C=O) groups excluding carboxylic acids is 1. The molecule has 1 heterocycles. The van der Waals surface area contributed by atoms with E-state index >= 15 is 0 Å². The van der Waals surface area contributed by atoms with Gasteiger partial charge in [-0.25, -0.2) is 0 Å². The monoisotopic (exact) mass is 289 g/mol. The number of thioether (sulfide) groups is 1. The molecule has 1 amide bonds. The molecule has 0 N–H and O–H groups in total. The molecule has 0 aliphatic carbocycles. The first-order chi connectivity index (χ1) is 9.69. The third kappa shape index (κ3) is 4.26. The van der Waals surface area contributed by atoms with Gasteiger partial charge in [-0.3, -0.25) is 4.79 Å². The molecule has 1 aromatic rings. The SMILES string of the molecule is CN1CCN(C(=O)CSCc2ccc(C#N)cc2)CC1. The molecule has 0 radical (unpaired) electrons. The molecule has 0 bridgehead atoms. The Morgan fingerprint density at radius 3 is 2.50 bits per heavy atom. The van der Waals surface area contributed by atoms with E-state index in [0.717, 1.165) is 37.5 Å². The molecule has 0 saturated carbocycles. The Bertz CT molecular complexity index is 487. The van der Waals surface area contributed by atoms with Crippen molar-refractivity contribution in [2.45, 2.75) is 5.75 Å². The van der Waals surface area contributed by atoms with Crippen molar-refractivity contribution in [1.29, 1.82) is 5.26 Å². The Balaban J connectivity index is 1.72. The molecule has 0 aromatic heterocycles. The lowest BCUT2D eigenvalue weighted by atomic mass is 10.2. The standard InChI is InChI=1S/C15H19N3OS/c1-17-6-8-18(9-7-17)15(19)12-20-11-14-4-2-13(10-16)3-5-14/h2-5H,6-9,11-12H2,1H3. The van der Waals surface area contributed by atoms with Gasteiger partial charge in [0, 0.05) is 31.9 Å². The van der Waals surface area contributed by atoms with E-state index in [2.05, 4.69) is 18.0 Å². The highest BCUT2D eigenvalue weighted by atomic mass is 32.2. The fourth-order valence-electron chi connectivity index (χ4n) is 2.08. The number of likely N-dealkylation sites (N-methyl/N-ethyl adjacent to an activating group) is 1. The van der Waals surface area contributed by atoms with Gasteiger partial charge in [0.1, 0.15) is 0 Å². The highest BCUT2D eigenvalue weighted by molar-refractivity contribution is 7.99. The Labute approximate surface area is 124 Å². The van der Waals surface area contributed by atoms with Gasteiger partial charge >= 0.3 is 0 Å². The minimum atomic E-state index is 0.233. The van der Waals surface area contributed by atoms with Crippen LogP contribution in [0.5, 0.6) is 0 Å². The summed E-state index contributed by atoms with van der Waals surface area (Å²) in [5.74, 6) is 1.58. The topological polar surface area (TPSA) is 47.3 Å². The van der Waals surface area contributed by atoms with Gasteiger partial charge in [0.2, 0.25) is 5.91 Å². The highest BCUT2D eigenvalue weighted by Gasteiger charge is 2.18. The molecule has 1 fully saturated rings. The van der Waals surface area contributed by atoms with Crippen molar-refractivity contribution in [3.05, 3.63) is 35.4 Å². The Hall–Kier alpha value is -1.51. The van der Waals surface area contributed by atoms with Crippen molar-refractivity contribution >= 4 is 17.7 Å². The molecule has 20 heavy (non-hydrogen) atoms. The van der Waals surface area contributed by atoms with E-state index in [4.69, 9.17) is 5.26 Å². The van der Waals surface area contributed by atoms with Crippen LogP contribution in [-0.4, -0.2) is 54.7 Å². The van der Waals surface area contributed by atoms with Crippen molar-refractivity contribution in [2.24, 2.45) is 0 Å². The van der Waals surface area contributed by atoms with E-state index in [1.165, 1.54) is 0 Å². The van der Waals surface area contributed by atoms with Gasteiger partial charge in [0.15, 0.2) is 0 Å². The molecule has 4 nitrogen and oxygen atoms in total. The molecule has 1 aliphatic heterocycles. The van der Waals surface area contributed by atoms with E-state index in [0.29, 0.717) is 11.3 Å². The molecule has 1 saturated heterocycles. The van der Waals surface area contributed by atoms with Crippen LogP contribution in [-0.2, 0) is 10.5 Å². The summed E-state index contributed by atoms with van der Waals surface area (Å²) in [6.45, 7) is 3.61. The summed E-state index contributed by atoms with van der Waals surface area (Å²) in [5, 5.41) is 8.73. The Morgan fingerprint density at radius 1 is 1.25 bits per heavy atom. The molecule has 106 valence electrons. The number of piperazine rings is 1. The van der Waals surface area contributed by atoms with Crippen molar-refractivity contribution in [1.82, 2.24) is 9.80 Å². The maximum absolute atomic E-state index is 12.0. The van der Waals surface area contributed by atoms with E-state index in [1.54, 1.807) is 11.8 Å². The molecular formula is C15H19N3OS. The van der Waals surface area contributed by atoms with E-state index < -0.39 is 0 Å². The van der Waals surface area contributed by atoms with E-state index in [1.807, 2.05) is 29.2 Å². The van der Waals surface area contributed by atoms with Gasteiger partial charge in [0.25, 0.3) is 0 Å². The number of rotatable bonds is 4. The van der Waals surface area contributed by atoms with Gasteiger partial charge in [-0.1, -0.05) is 12.1 Å². The maximum atomic E-state index is 12.0. The minimum Gasteiger partial charge on any atom is -0.339 e. The zero-order chi connectivity index (χ0) is 14.4. The summed E-state index contributed by atoms with van der Waals surface area (Å²) in [5.41, 5.74) is 1.83. The van der Waals surface area contributed by atoms with Crippen molar-refractivity contribution in [3.8, 4) is 6.07 Å². The normalized spacial score (nSPS) is 15.9. The van der Waals surface area contributed by atoms with Crippen LogP contribution in [0.25, 0.3) is 0 Å². The summed E-state index contributed by atoms with van der Waals surface area (Å²) in [6, 6.07) is 9.64. The molecule has 0 atom stereocenters. The zero-order valence-corrected chi connectivity index (χ0v) is 12.5. The first-order valence-electron chi connectivity index (χ1n) is 6.72. The first-order valence-corrected chi connectivity index (χ1v) is 7.87. The Morgan fingerprint density at radius 2 is 1.90 bits per heavy atom. The number of hydrogen-bond acceptors (Lipinski definition) is 4. The minimum absolute atomic E-state index is 0.233. The number of nitrogens with zero attached hydrogens (tertiary/aromatic N) is 3. The quantitative estimate of drug-likeness (QED) is 0.844. The fourth-order valence-corrected chi connectivity index (χ4v) is 2.97. The smallest absolute Gasteiger partial charge is 0.232 e. The largest absolute Gasteiger partial charge is 0.339 e. The van der Waals surface area contributed by atoms with Gasteiger partial charge < -0.3 is 9.80 Å². The summed E-state index contributed by atoms with van der Waals surface area (Å²) in [7, 11) is 2.08. The average molecular weight is 289 g/mol. The summed E-state index contributed by atoms with van der Waals surface area (Å²) < 4.78 is 0. The summed E-state index contributed by atoms with van der Waals surface area (Å²) in [6.07, 6.45) is 0. The van der Waals surface area contributed by atoms with Crippen LogP contribution in [0.2, 0.25) is 0 Å². The average Bonchev–Trinajstić information content (AvgIpc) is 2.48. The van der Waals surface area contributed by atoms with Crippen LogP contribution in [0, 0.1) is 11.3 Å². The van der Waals surface area contributed by atoms with Crippen LogP contribution in [0.4, 0.5) is 0 Å². The molecule has 1 aromatic carbocycles. The molecule has 5 heteroatoms.